The van der Waals surface area contributed by atoms with Gasteiger partial charge in [0.05, 0.1) is 5.25 Å². The topological polar surface area (TPSA) is 77.8 Å². The molecule has 0 fully saturated rings. The van der Waals surface area contributed by atoms with Crippen molar-refractivity contribution in [3.05, 3.63) is 41.0 Å². The maximum absolute atomic E-state index is 5.76. The van der Waals surface area contributed by atoms with Crippen LogP contribution in [0.15, 0.2) is 32.4 Å². The van der Waals surface area contributed by atoms with Gasteiger partial charge in [0.1, 0.15) is 0 Å². The first-order valence-electron chi connectivity index (χ1n) is 7.85. The Hall–Kier alpha value is -2.15. The molecular weight excluding hydrogens is 324 g/mol. The Labute approximate surface area is 145 Å². The van der Waals surface area contributed by atoms with E-state index in [4.69, 9.17) is 8.94 Å². The third kappa shape index (κ3) is 3.51. The van der Waals surface area contributed by atoms with Crippen LogP contribution in [-0.4, -0.2) is 20.3 Å². The zero-order valence-corrected chi connectivity index (χ0v) is 15.2. The van der Waals surface area contributed by atoms with Gasteiger partial charge in [-0.1, -0.05) is 36.8 Å². The molecule has 24 heavy (non-hydrogen) atoms. The summed E-state index contributed by atoms with van der Waals surface area (Å²) in [5.74, 6) is 2.02. The molecule has 0 aliphatic rings. The lowest BCUT2D eigenvalue weighted by molar-refractivity contribution is 0.372. The summed E-state index contributed by atoms with van der Waals surface area (Å²) in [5.41, 5.74) is 3.35. The van der Waals surface area contributed by atoms with Gasteiger partial charge >= 0.3 is 0 Å². The van der Waals surface area contributed by atoms with Crippen LogP contribution < -0.4 is 0 Å². The molecule has 0 amide bonds. The summed E-state index contributed by atoms with van der Waals surface area (Å²) in [4.78, 5) is 4.40. The van der Waals surface area contributed by atoms with Crippen molar-refractivity contribution >= 4 is 11.8 Å². The smallest absolute Gasteiger partial charge is 0.277 e. The Morgan fingerprint density at radius 2 is 1.83 bits per heavy atom. The maximum Gasteiger partial charge on any atom is 0.277 e. The van der Waals surface area contributed by atoms with Gasteiger partial charge in [-0.3, -0.25) is 0 Å². The summed E-state index contributed by atoms with van der Waals surface area (Å²) in [6.45, 7) is 10.2. The van der Waals surface area contributed by atoms with Crippen LogP contribution in [-0.2, 0) is 0 Å². The molecule has 0 radical (unpaired) electrons. The monoisotopic (exact) mass is 344 g/mol. The summed E-state index contributed by atoms with van der Waals surface area (Å²) >= 11 is 1.41. The third-order valence-electron chi connectivity index (χ3n) is 3.76. The molecular formula is C17H20N4O2S. The van der Waals surface area contributed by atoms with Gasteiger partial charge in [0.25, 0.3) is 5.22 Å². The Morgan fingerprint density at radius 1 is 1.04 bits per heavy atom. The van der Waals surface area contributed by atoms with Crippen LogP contribution in [0.1, 0.15) is 54.8 Å². The van der Waals surface area contributed by atoms with Crippen LogP contribution in [0.2, 0.25) is 0 Å². The van der Waals surface area contributed by atoms with Gasteiger partial charge in [-0.05, 0) is 44.0 Å². The van der Waals surface area contributed by atoms with E-state index in [2.05, 4.69) is 40.3 Å². The van der Waals surface area contributed by atoms with Crippen molar-refractivity contribution in [2.75, 3.05) is 0 Å². The van der Waals surface area contributed by atoms with E-state index in [1.54, 1.807) is 0 Å². The highest BCUT2D eigenvalue weighted by molar-refractivity contribution is 7.99. The Bertz CT molecular complexity index is 841. The van der Waals surface area contributed by atoms with Crippen LogP contribution in [0.4, 0.5) is 0 Å². The fraction of sp³-hybridized carbons (Fsp3) is 0.412. The molecule has 1 aromatic carbocycles. The second kappa shape index (κ2) is 6.76. The molecule has 0 N–H and O–H groups in total. The standard InChI is InChI=1S/C17H20N4O2S/c1-9(2)14-18-15(23-21-14)12(5)24-17-20-19-16(22-17)13-7-6-10(3)11(4)8-13/h6-9,12H,1-5H3/t12-/m1/s1. The first-order valence-corrected chi connectivity index (χ1v) is 8.73. The second-order valence-electron chi connectivity index (χ2n) is 6.08. The molecule has 2 aromatic heterocycles. The largest absolute Gasteiger partial charge is 0.411 e. The van der Waals surface area contributed by atoms with Crippen LogP contribution in [0, 0.1) is 13.8 Å². The summed E-state index contributed by atoms with van der Waals surface area (Å²) in [6, 6.07) is 6.09. The van der Waals surface area contributed by atoms with Crippen LogP contribution in [0.25, 0.3) is 11.5 Å². The number of nitrogens with zero attached hydrogens (tertiary/aromatic N) is 4. The fourth-order valence-electron chi connectivity index (χ4n) is 2.10. The van der Waals surface area contributed by atoms with E-state index in [0.717, 1.165) is 5.56 Å². The van der Waals surface area contributed by atoms with Gasteiger partial charge in [-0.2, -0.15) is 4.98 Å². The number of rotatable bonds is 5. The molecule has 0 spiro atoms. The van der Waals surface area contributed by atoms with Gasteiger partial charge in [0.2, 0.25) is 11.8 Å². The van der Waals surface area contributed by atoms with Gasteiger partial charge in [-0.15, -0.1) is 10.2 Å². The van der Waals surface area contributed by atoms with Gasteiger partial charge in [0, 0.05) is 11.5 Å². The third-order valence-corrected chi connectivity index (χ3v) is 4.68. The molecule has 1 atom stereocenters. The maximum atomic E-state index is 5.76. The molecule has 0 unspecified atom stereocenters. The zero-order chi connectivity index (χ0) is 17.3. The number of aromatic nitrogens is 4. The normalized spacial score (nSPS) is 12.8. The number of hydrogen-bond donors (Lipinski definition) is 0. The van der Waals surface area contributed by atoms with E-state index < -0.39 is 0 Å². The Kier molecular flexibility index (Phi) is 4.71. The highest BCUT2D eigenvalue weighted by Crippen LogP contribution is 2.34. The summed E-state index contributed by atoms with van der Waals surface area (Å²) < 4.78 is 11.1. The lowest BCUT2D eigenvalue weighted by Crippen LogP contribution is -1.92. The van der Waals surface area contributed by atoms with Crippen LogP contribution in [0.5, 0.6) is 0 Å². The SMILES string of the molecule is Cc1ccc(-c2nnc(S[C@H](C)c3nc(C(C)C)no3)o2)cc1C. The van der Waals surface area contributed by atoms with E-state index in [1.807, 2.05) is 32.9 Å². The minimum absolute atomic E-state index is 0.0574. The molecule has 3 aromatic rings. The van der Waals surface area contributed by atoms with E-state index in [0.29, 0.717) is 22.8 Å². The fourth-order valence-corrected chi connectivity index (χ4v) is 2.81. The molecule has 3 rings (SSSR count). The Balaban J connectivity index is 1.74. The highest BCUT2D eigenvalue weighted by atomic mass is 32.2. The van der Waals surface area contributed by atoms with E-state index in [1.165, 1.54) is 22.9 Å². The molecule has 2 heterocycles. The van der Waals surface area contributed by atoms with Crippen LogP contribution in [0.3, 0.4) is 0 Å². The average Bonchev–Trinajstić information content (AvgIpc) is 3.19. The molecule has 0 aliphatic heterocycles. The van der Waals surface area contributed by atoms with Crippen molar-refractivity contribution in [1.82, 2.24) is 20.3 Å². The molecule has 0 saturated carbocycles. The Morgan fingerprint density at radius 3 is 2.50 bits per heavy atom. The van der Waals surface area contributed by atoms with Gasteiger partial charge in [0.15, 0.2) is 5.82 Å². The van der Waals surface area contributed by atoms with Crippen molar-refractivity contribution in [1.29, 1.82) is 0 Å². The van der Waals surface area contributed by atoms with E-state index in [-0.39, 0.29) is 11.2 Å². The molecule has 0 saturated heterocycles. The molecule has 0 aliphatic carbocycles. The predicted octanol–water partition coefficient (Wildman–Crippen LogP) is 4.71. The first-order chi connectivity index (χ1) is 11.4. The number of benzene rings is 1. The highest BCUT2D eigenvalue weighted by Gasteiger charge is 2.20. The van der Waals surface area contributed by atoms with E-state index >= 15 is 0 Å². The minimum Gasteiger partial charge on any atom is -0.411 e. The van der Waals surface area contributed by atoms with Crippen molar-refractivity contribution in [3.63, 3.8) is 0 Å². The summed E-state index contributed by atoms with van der Waals surface area (Å²) in [7, 11) is 0. The number of aryl methyl sites for hydroxylation is 2. The quantitative estimate of drug-likeness (QED) is 0.620. The summed E-state index contributed by atoms with van der Waals surface area (Å²) in [5, 5.41) is 12.7. The number of hydrogen-bond acceptors (Lipinski definition) is 7. The average molecular weight is 344 g/mol. The molecule has 126 valence electrons. The minimum atomic E-state index is -0.0574. The molecule has 7 heteroatoms. The van der Waals surface area contributed by atoms with Crippen molar-refractivity contribution in [2.45, 2.75) is 51.0 Å². The summed E-state index contributed by atoms with van der Waals surface area (Å²) in [6.07, 6.45) is 0. The lowest BCUT2D eigenvalue weighted by Gasteiger charge is -2.02. The zero-order valence-electron chi connectivity index (χ0n) is 14.4. The molecule has 0 bridgehead atoms. The van der Waals surface area contributed by atoms with Gasteiger partial charge in [-0.25, -0.2) is 0 Å². The van der Waals surface area contributed by atoms with Crippen LogP contribution >= 0.6 is 11.8 Å². The predicted molar refractivity (Wildman–Crippen MR) is 91.9 cm³/mol. The van der Waals surface area contributed by atoms with Crippen molar-refractivity contribution < 1.29 is 8.94 Å². The second-order valence-corrected chi connectivity index (χ2v) is 7.37. The molecule has 6 nitrogen and oxygen atoms in total. The van der Waals surface area contributed by atoms with Gasteiger partial charge < -0.3 is 8.94 Å². The van der Waals surface area contributed by atoms with Crippen molar-refractivity contribution in [3.8, 4) is 11.5 Å². The van der Waals surface area contributed by atoms with Crippen molar-refractivity contribution in [2.24, 2.45) is 0 Å². The lowest BCUT2D eigenvalue weighted by atomic mass is 10.1. The first kappa shape index (κ1) is 16.7. The number of thioether (sulfide) groups is 1. The van der Waals surface area contributed by atoms with E-state index in [9.17, 15) is 0 Å².